The number of rotatable bonds is 8. The quantitative estimate of drug-likeness (QED) is 0.262. The number of aryl methyl sites for hydroxylation is 1. The number of carbonyl (C=O) groups is 1. The molecule has 14 heteroatoms. The summed E-state index contributed by atoms with van der Waals surface area (Å²) in [4.78, 5) is 28.0. The fourth-order valence-electron chi connectivity index (χ4n) is 4.85. The Kier molecular flexibility index (Phi) is 9.49. The number of hydrogen-bond acceptors (Lipinski definition) is 11. The van der Waals surface area contributed by atoms with Gasteiger partial charge in [-0.2, -0.15) is 20.0 Å². The Balaban J connectivity index is 1.88. The number of aliphatic hydroxyl groups excluding tert-OH is 1. The molecule has 13 nitrogen and oxygen atoms in total. The van der Waals surface area contributed by atoms with E-state index in [1.807, 2.05) is 27.7 Å². The third-order valence-corrected chi connectivity index (χ3v) is 6.91. The molecule has 0 spiro atoms. The first-order valence-corrected chi connectivity index (χ1v) is 14.8. The SMILES string of the molecule is COc1c(C)cnc(Cn2nc(CC3COC(C)(C)O3)c3c(Cl)nc(N(C(=O)OC(C)(C)C)C(O)OC(C)(C)C)nc32)c1C. The van der Waals surface area contributed by atoms with E-state index in [0.717, 1.165) is 21.8 Å². The molecule has 4 heterocycles. The standard InChI is InChI=1S/C30H43ClN6O7/c1-16-13-32-20(17(2)22(16)40-11)14-36-24-21(19(35-36)12-18-15-41-30(9,10)42-18)23(31)33-25(34-24)37(26(38)43-28(3,4)5)27(39)44-29(6,7)8/h13,18,26,38H,12,14-15H2,1-11H3. The molecular weight excluding hydrogens is 592 g/mol. The van der Waals surface area contributed by atoms with Crippen LogP contribution in [0.4, 0.5) is 10.7 Å². The van der Waals surface area contributed by atoms with Gasteiger partial charge in [0.25, 0.3) is 0 Å². The molecule has 44 heavy (non-hydrogen) atoms. The highest BCUT2D eigenvalue weighted by Crippen LogP contribution is 2.33. The second kappa shape index (κ2) is 12.4. The number of pyridine rings is 1. The summed E-state index contributed by atoms with van der Waals surface area (Å²) in [6, 6.07) is 0. The lowest BCUT2D eigenvalue weighted by molar-refractivity contribution is -0.163. The van der Waals surface area contributed by atoms with E-state index in [-0.39, 0.29) is 23.8 Å². The summed E-state index contributed by atoms with van der Waals surface area (Å²) in [5.74, 6) is -0.237. The van der Waals surface area contributed by atoms with Crippen molar-refractivity contribution in [1.82, 2.24) is 24.7 Å². The van der Waals surface area contributed by atoms with Crippen LogP contribution < -0.4 is 9.64 Å². The number of fused-ring (bicyclic) bond motifs is 1. The van der Waals surface area contributed by atoms with Gasteiger partial charge in [0.1, 0.15) is 16.5 Å². The van der Waals surface area contributed by atoms with Crippen LogP contribution in [0.5, 0.6) is 5.75 Å². The van der Waals surface area contributed by atoms with Gasteiger partial charge in [0.05, 0.1) is 48.7 Å². The van der Waals surface area contributed by atoms with Crippen molar-refractivity contribution in [2.75, 3.05) is 18.6 Å². The molecule has 2 unspecified atom stereocenters. The van der Waals surface area contributed by atoms with Crippen LogP contribution in [0.15, 0.2) is 6.20 Å². The maximum Gasteiger partial charge on any atom is 0.421 e. The Labute approximate surface area is 262 Å². The van der Waals surface area contributed by atoms with Gasteiger partial charge in [0.15, 0.2) is 11.4 Å². The van der Waals surface area contributed by atoms with Crippen molar-refractivity contribution in [2.24, 2.45) is 0 Å². The molecule has 0 aliphatic carbocycles. The van der Waals surface area contributed by atoms with Crippen LogP contribution in [0.2, 0.25) is 5.15 Å². The summed E-state index contributed by atoms with van der Waals surface area (Å²) < 4.78 is 30.3. The Morgan fingerprint density at radius 3 is 2.43 bits per heavy atom. The summed E-state index contributed by atoms with van der Waals surface area (Å²) in [7, 11) is 1.61. The van der Waals surface area contributed by atoms with Crippen LogP contribution in [0.25, 0.3) is 11.0 Å². The lowest BCUT2D eigenvalue weighted by atomic mass is 10.1. The van der Waals surface area contributed by atoms with E-state index in [9.17, 15) is 9.90 Å². The van der Waals surface area contributed by atoms with Gasteiger partial charge in [0.2, 0.25) is 12.4 Å². The number of ether oxygens (including phenoxy) is 5. The molecule has 3 aromatic heterocycles. The molecular formula is C30H43ClN6O7. The maximum atomic E-state index is 13.4. The van der Waals surface area contributed by atoms with Gasteiger partial charge >= 0.3 is 6.09 Å². The lowest BCUT2D eigenvalue weighted by Crippen LogP contribution is -2.48. The molecule has 1 amide bonds. The highest BCUT2D eigenvalue weighted by Gasteiger charge is 2.37. The molecule has 1 saturated heterocycles. The van der Waals surface area contributed by atoms with E-state index >= 15 is 0 Å². The number of anilines is 1. The molecule has 242 valence electrons. The van der Waals surface area contributed by atoms with E-state index in [1.165, 1.54) is 0 Å². The van der Waals surface area contributed by atoms with Gasteiger partial charge in [-0.3, -0.25) is 4.98 Å². The normalized spacial score (nSPS) is 17.6. The largest absolute Gasteiger partial charge is 0.496 e. The van der Waals surface area contributed by atoms with Gasteiger partial charge in [-0.05, 0) is 69.2 Å². The average molecular weight is 635 g/mol. The van der Waals surface area contributed by atoms with Crippen LogP contribution in [0.1, 0.15) is 77.9 Å². The summed E-state index contributed by atoms with van der Waals surface area (Å²) in [6.45, 7) is 18.5. The minimum Gasteiger partial charge on any atom is -0.496 e. The highest BCUT2D eigenvalue weighted by atomic mass is 35.5. The molecule has 0 radical (unpaired) electrons. The van der Waals surface area contributed by atoms with E-state index in [4.69, 9.17) is 45.4 Å². The Morgan fingerprint density at radius 1 is 1.18 bits per heavy atom. The van der Waals surface area contributed by atoms with Gasteiger partial charge in [-0.15, -0.1) is 0 Å². The third kappa shape index (κ3) is 7.75. The lowest BCUT2D eigenvalue weighted by Gasteiger charge is -2.32. The second-order valence-electron chi connectivity index (χ2n) is 13.2. The number of methoxy groups -OCH3 is 1. The number of aromatic nitrogens is 5. The molecule has 1 aliphatic heterocycles. The van der Waals surface area contributed by atoms with Crippen LogP contribution in [-0.4, -0.2) is 79.2 Å². The number of halogens is 1. The van der Waals surface area contributed by atoms with Gasteiger partial charge in [-0.1, -0.05) is 11.6 Å². The number of aliphatic hydroxyl groups is 1. The van der Waals surface area contributed by atoms with Crippen LogP contribution in [0.3, 0.4) is 0 Å². The maximum absolute atomic E-state index is 13.4. The van der Waals surface area contributed by atoms with Crippen LogP contribution in [0, 0.1) is 13.8 Å². The van der Waals surface area contributed by atoms with Crippen LogP contribution >= 0.6 is 11.6 Å². The number of nitrogens with zero attached hydrogens (tertiary/aromatic N) is 6. The first kappa shape index (κ1) is 33.8. The summed E-state index contributed by atoms with van der Waals surface area (Å²) in [6.07, 6.45) is -0.893. The van der Waals surface area contributed by atoms with E-state index in [2.05, 4.69) is 9.97 Å². The van der Waals surface area contributed by atoms with Gasteiger partial charge < -0.3 is 28.8 Å². The molecule has 1 fully saturated rings. The van der Waals surface area contributed by atoms with Crippen molar-refractivity contribution in [3.05, 3.63) is 33.9 Å². The van der Waals surface area contributed by atoms with Crippen molar-refractivity contribution >= 4 is 34.7 Å². The highest BCUT2D eigenvalue weighted by molar-refractivity contribution is 6.34. The number of hydrogen-bond donors (Lipinski definition) is 1. The van der Waals surface area contributed by atoms with Crippen molar-refractivity contribution in [3.8, 4) is 5.75 Å². The molecule has 1 aliphatic rings. The molecule has 2 atom stereocenters. The average Bonchev–Trinajstić information content (AvgIpc) is 3.38. The molecule has 0 bridgehead atoms. The summed E-state index contributed by atoms with van der Waals surface area (Å²) >= 11 is 6.83. The number of amides is 1. The predicted octanol–water partition coefficient (Wildman–Crippen LogP) is 5.07. The van der Waals surface area contributed by atoms with E-state index in [0.29, 0.717) is 35.4 Å². The van der Waals surface area contributed by atoms with E-state index in [1.54, 1.807) is 59.5 Å². The Bertz CT molecular complexity index is 1530. The zero-order chi connectivity index (χ0) is 32.8. The third-order valence-electron chi connectivity index (χ3n) is 6.63. The fourth-order valence-corrected chi connectivity index (χ4v) is 5.12. The zero-order valence-corrected chi connectivity index (χ0v) is 28.1. The van der Waals surface area contributed by atoms with Crippen molar-refractivity contribution in [3.63, 3.8) is 0 Å². The minimum absolute atomic E-state index is 0.0205. The van der Waals surface area contributed by atoms with Crippen molar-refractivity contribution < 1.29 is 33.6 Å². The Morgan fingerprint density at radius 2 is 1.86 bits per heavy atom. The minimum atomic E-state index is -1.79. The fraction of sp³-hybridized carbons (Fsp3) is 0.633. The van der Waals surface area contributed by atoms with Crippen molar-refractivity contribution in [2.45, 2.75) is 112 Å². The first-order chi connectivity index (χ1) is 20.3. The summed E-state index contributed by atoms with van der Waals surface area (Å²) in [5, 5.41) is 16.5. The zero-order valence-electron chi connectivity index (χ0n) is 27.3. The molecule has 0 saturated carbocycles. The molecule has 0 aromatic carbocycles. The van der Waals surface area contributed by atoms with Crippen LogP contribution in [-0.2, 0) is 31.9 Å². The van der Waals surface area contributed by atoms with Crippen molar-refractivity contribution in [1.29, 1.82) is 0 Å². The molecule has 1 N–H and O–H groups in total. The Hall–Kier alpha value is -3.10. The first-order valence-electron chi connectivity index (χ1n) is 14.4. The van der Waals surface area contributed by atoms with Gasteiger partial charge in [0, 0.05) is 23.7 Å². The monoisotopic (exact) mass is 634 g/mol. The molecule has 4 rings (SSSR count). The van der Waals surface area contributed by atoms with Gasteiger partial charge in [-0.25, -0.2) is 9.48 Å². The molecule has 3 aromatic rings. The number of carbonyl (C=O) groups excluding carboxylic acids is 1. The predicted molar refractivity (Wildman–Crippen MR) is 164 cm³/mol. The smallest absolute Gasteiger partial charge is 0.421 e. The topological polar surface area (TPSA) is 143 Å². The second-order valence-corrected chi connectivity index (χ2v) is 13.6. The van der Waals surface area contributed by atoms with E-state index < -0.39 is 29.5 Å². The summed E-state index contributed by atoms with van der Waals surface area (Å²) in [5.41, 5.74) is 1.62.